The summed E-state index contributed by atoms with van der Waals surface area (Å²) in [4.78, 5) is 11.6. The molecule has 1 fully saturated rings. The summed E-state index contributed by atoms with van der Waals surface area (Å²) in [5.74, 6) is 0.834. The number of ketones is 1. The summed E-state index contributed by atoms with van der Waals surface area (Å²) in [7, 11) is 1.60. The Hall–Kier alpha value is -1.64. The van der Waals surface area contributed by atoms with E-state index in [-0.39, 0.29) is 12.2 Å². The number of Topliss-reactive ketones (excluding diaryl/α,β-unsaturated/α-hetero) is 1. The van der Waals surface area contributed by atoms with Crippen LogP contribution in [0.4, 0.5) is 4.39 Å². The second-order valence-corrected chi connectivity index (χ2v) is 4.21. The van der Waals surface area contributed by atoms with Gasteiger partial charge < -0.3 is 4.74 Å². The molecule has 0 spiro atoms. The van der Waals surface area contributed by atoms with Crippen molar-refractivity contribution < 1.29 is 13.9 Å². The fraction of sp³-hybridized carbons (Fsp3) is 0.357. The summed E-state index contributed by atoms with van der Waals surface area (Å²) in [6.07, 6.45) is 1.82. The van der Waals surface area contributed by atoms with Gasteiger partial charge >= 0.3 is 0 Å². The van der Waals surface area contributed by atoms with Crippen LogP contribution in [0.25, 0.3) is 6.08 Å². The molecule has 3 heteroatoms. The highest BCUT2D eigenvalue weighted by atomic mass is 19.1. The van der Waals surface area contributed by atoms with E-state index >= 15 is 0 Å². The van der Waals surface area contributed by atoms with Crippen molar-refractivity contribution in [2.75, 3.05) is 7.11 Å². The van der Waals surface area contributed by atoms with Crippen molar-refractivity contribution in [3.8, 4) is 5.75 Å². The summed E-state index contributed by atoms with van der Waals surface area (Å²) in [6, 6.07) is 7.38. The standard InChI is InChI=1S/C14H15FO2/c1-17-13-5-2-10(3-6-13)8-11-9-12(15)4-7-14(11)16/h2-3,5-6,8,12H,4,7,9H2,1H3/b11-8-. The Labute approximate surface area is 100 Å². The molecule has 0 aliphatic heterocycles. The maximum atomic E-state index is 13.2. The molecule has 1 aromatic carbocycles. The number of allylic oxidation sites excluding steroid dienone is 1. The van der Waals surface area contributed by atoms with Gasteiger partial charge in [-0.15, -0.1) is 0 Å². The number of carbonyl (C=O) groups excluding carboxylic acids is 1. The fourth-order valence-corrected chi connectivity index (χ4v) is 1.94. The van der Waals surface area contributed by atoms with Crippen LogP contribution in [0.15, 0.2) is 29.8 Å². The van der Waals surface area contributed by atoms with E-state index in [0.717, 1.165) is 11.3 Å². The number of halogens is 1. The highest BCUT2D eigenvalue weighted by Gasteiger charge is 2.22. The first-order valence-corrected chi connectivity index (χ1v) is 5.71. The third-order valence-corrected chi connectivity index (χ3v) is 2.94. The van der Waals surface area contributed by atoms with Crippen LogP contribution in [0.2, 0.25) is 0 Å². The Morgan fingerprint density at radius 2 is 2.06 bits per heavy atom. The van der Waals surface area contributed by atoms with Gasteiger partial charge in [0.1, 0.15) is 11.9 Å². The lowest BCUT2D eigenvalue weighted by Crippen LogP contribution is -2.17. The molecule has 0 heterocycles. The molecular weight excluding hydrogens is 219 g/mol. The molecule has 1 unspecified atom stereocenters. The minimum atomic E-state index is -0.878. The van der Waals surface area contributed by atoms with E-state index in [4.69, 9.17) is 4.74 Å². The normalized spacial score (nSPS) is 22.8. The van der Waals surface area contributed by atoms with Crippen LogP contribution < -0.4 is 4.74 Å². The van der Waals surface area contributed by atoms with E-state index in [0.29, 0.717) is 18.4 Å². The van der Waals surface area contributed by atoms with Crippen molar-refractivity contribution in [3.63, 3.8) is 0 Å². The molecule has 1 saturated carbocycles. The van der Waals surface area contributed by atoms with Gasteiger partial charge in [-0.05, 0) is 35.8 Å². The number of methoxy groups -OCH3 is 1. The average Bonchev–Trinajstić information content (AvgIpc) is 2.35. The van der Waals surface area contributed by atoms with Gasteiger partial charge in [0, 0.05) is 12.8 Å². The van der Waals surface area contributed by atoms with Crippen LogP contribution in [0.3, 0.4) is 0 Å². The van der Waals surface area contributed by atoms with Crippen LogP contribution in [0.1, 0.15) is 24.8 Å². The lowest BCUT2D eigenvalue weighted by molar-refractivity contribution is -0.117. The lowest BCUT2D eigenvalue weighted by atomic mass is 9.91. The topological polar surface area (TPSA) is 26.3 Å². The van der Waals surface area contributed by atoms with Gasteiger partial charge in [-0.1, -0.05) is 12.1 Å². The molecule has 90 valence electrons. The van der Waals surface area contributed by atoms with Crippen LogP contribution in [0.5, 0.6) is 5.75 Å². The highest BCUT2D eigenvalue weighted by molar-refractivity contribution is 6.00. The molecule has 0 saturated heterocycles. The SMILES string of the molecule is COc1ccc(/C=C2/CC(F)CCC2=O)cc1. The first-order chi connectivity index (χ1) is 8.19. The van der Waals surface area contributed by atoms with Crippen molar-refractivity contribution in [3.05, 3.63) is 35.4 Å². The van der Waals surface area contributed by atoms with E-state index in [1.807, 2.05) is 24.3 Å². The Morgan fingerprint density at radius 1 is 1.35 bits per heavy atom. The van der Waals surface area contributed by atoms with Gasteiger partial charge in [0.25, 0.3) is 0 Å². The number of rotatable bonds is 2. The molecule has 0 bridgehead atoms. The zero-order valence-electron chi connectivity index (χ0n) is 9.78. The molecule has 1 aliphatic carbocycles. The molecular formula is C14H15FO2. The van der Waals surface area contributed by atoms with Gasteiger partial charge in [0.15, 0.2) is 5.78 Å². The van der Waals surface area contributed by atoms with Gasteiger partial charge in [0.05, 0.1) is 7.11 Å². The zero-order chi connectivity index (χ0) is 12.3. The van der Waals surface area contributed by atoms with Crippen molar-refractivity contribution in [2.45, 2.75) is 25.4 Å². The average molecular weight is 234 g/mol. The molecule has 0 amide bonds. The van der Waals surface area contributed by atoms with Gasteiger partial charge in [-0.3, -0.25) is 4.79 Å². The quantitative estimate of drug-likeness (QED) is 0.735. The fourth-order valence-electron chi connectivity index (χ4n) is 1.94. The predicted octanol–water partition coefficient (Wildman–Crippen LogP) is 3.17. The van der Waals surface area contributed by atoms with E-state index in [1.165, 1.54) is 0 Å². The van der Waals surface area contributed by atoms with Crippen LogP contribution in [-0.2, 0) is 4.79 Å². The molecule has 1 atom stereocenters. The molecule has 1 aromatic rings. The van der Waals surface area contributed by atoms with E-state index in [9.17, 15) is 9.18 Å². The number of benzene rings is 1. The monoisotopic (exact) mass is 234 g/mol. The van der Waals surface area contributed by atoms with E-state index in [1.54, 1.807) is 13.2 Å². The molecule has 0 N–H and O–H groups in total. The number of hydrogen-bond donors (Lipinski definition) is 0. The Kier molecular flexibility index (Phi) is 3.57. The number of alkyl halides is 1. The third kappa shape index (κ3) is 2.93. The second kappa shape index (κ2) is 5.13. The largest absolute Gasteiger partial charge is 0.497 e. The number of ether oxygens (including phenoxy) is 1. The maximum Gasteiger partial charge on any atom is 0.159 e. The number of carbonyl (C=O) groups is 1. The Balaban J connectivity index is 2.18. The van der Waals surface area contributed by atoms with Gasteiger partial charge in [-0.25, -0.2) is 4.39 Å². The predicted molar refractivity (Wildman–Crippen MR) is 64.7 cm³/mol. The molecule has 17 heavy (non-hydrogen) atoms. The minimum Gasteiger partial charge on any atom is -0.497 e. The summed E-state index contributed by atoms with van der Waals surface area (Å²) >= 11 is 0. The molecule has 0 radical (unpaired) electrons. The smallest absolute Gasteiger partial charge is 0.159 e. The van der Waals surface area contributed by atoms with Gasteiger partial charge in [0.2, 0.25) is 0 Å². The van der Waals surface area contributed by atoms with Crippen molar-refractivity contribution in [1.29, 1.82) is 0 Å². The summed E-state index contributed by atoms with van der Waals surface area (Å²) in [6.45, 7) is 0. The first kappa shape index (κ1) is 11.8. The molecule has 1 aliphatic rings. The number of hydrogen-bond acceptors (Lipinski definition) is 2. The second-order valence-electron chi connectivity index (χ2n) is 4.21. The van der Waals surface area contributed by atoms with Crippen LogP contribution in [0, 0.1) is 0 Å². The Morgan fingerprint density at radius 3 is 2.71 bits per heavy atom. The van der Waals surface area contributed by atoms with Crippen molar-refractivity contribution >= 4 is 11.9 Å². The summed E-state index contributed by atoms with van der Waals surface area (Å²) < 4.78 is 18.3. The summed E-state index contributed by atoms with van der Waals surface area (Å²) in [5.41, 5.74) is 1.50. The minimum absolute atomic E-state index is 0.0646. The first-order valence-electron chi connectivity index (χ1n) is 5.71. The van der Waals surface area contributed by atoms with Crippen molar-refractivity contribution in [2.24, 2.45) is 0 Å². The van der Waals surface area contributed by atoms with E-state index < -0.39 is 6.17 Å². The van der Waals surface area contributed by atoms with Crippen LogP contribution in [-0.4, -0.2) is 19.1 Å². The molecule has 2 nitrogen and oxygen atoms in total. The lowest BCUT2D eigenvalue weighted by Gasteiger charge is -2.16. The van der Waals surface area contributed by atoms with Gasteiger partial charge in [-0.2, -0.15) is 0 Å². The Bertz CT molecular complexity index is 434. The van der Waals surface area contributed by atoms with Crippen LogP contribution >= 0.6 is 0 Å². The summed E-state index contributed by atoms with van der Waals surface area (Å²) in [5, 5.41) is 0. The highest BCUT2D eigenvalue weighted by Crippen LogP contribution is 2.25. The third-order valence-electron chi connectivity index (χ3n) is 2.94. The zero-order valence-corrected chi connectivity index (χ0v) is 9.78. The molecule has 0 aromatic heterocycles. The molecule has 2 rings (SSSR count). The maximum absolute atomic E-state index is 13.2. The van der Waals surface area contributed by atoms with E-state index in [2.05, 4.69) is 0 Å². The van der Waals surface area contributed by atoms with Crippen molar-refractivity contribution in [1.82, 2.24) is 0 Å².